The third-order valence-corrected chi connectivity index (χ3v) is 1.20. The Kier molecular flexibility index (Phi) is 6.28. The van der Waals surface area contributed by atoms with Gasteiger partial charge in [-0.3, -0.25) is 4.79 Å². The molecule has 0 atom stereocenters. The lowest BCUT2D eigenvalue weighted by molar-refractivity contribution is 0.261. The van der Waals surface area contributed by atoms with Gasteiger partial charge in [0.2, 0.25) is 0 Å². The van der Waals surface area contributed by atoms with Crippen LogP contribution in [0.2, 0.25) is 0 Å². The molecule has 0 unspecified atom stereocenters. The molecule has 1 rings (SSSR count). The van der Waals surface area contributed by atoms with Crippen LogP contribution in [0.1, 0.15) is 12.8 Å². The predicted molar refractivity (Wildman–Crippen MR) is 42.3 cm³/mol. The molecule has 1 saturated heterocycles. The minimum absolute atomic E-state index is 0.495. The maximum Gasteiger partial charge on any atom is 0.200 e. The summed E-state index contributed by atoms with van der Waals surface area (Å²) in [5.41, 5.74) is 0. The Morgan fingerprint density at radius 3 is 2.00 bits per heavy atom. The number of nitrogens with one attached hydrogen (secondary N) is 2. The van der Waals surface area contributed by atoms with Gasteiger partial charge in [0.25, 0.3) is 0 Å². The molecule has 1 aliphatic rings. The smallest absolute Gasteiger partial charge is 0.200 e. The van der Waals surface area contributed by atoms with E-state index < -0.39 is 5.81 Å². The Morgan fingerprint density at radius 1 is 1.50 bits per heavy atom. The van der Waals surface area contributed by atoms with Crippen molar-refractivity contribution in [3.8, 4) is 0 Å². The number of hydrogen-bond donors (Lipinski definition) is 2. The van der Waals surface area contributed by atoms with Crippen LogP contribution >= 0.6 is 0 Å². The second kappa shape index (κ2) is 6.61. The van der Waals surface area contributed by atoms with Crippen LogP contribution < -0.4 is 10.6 Å². The zero-order valence-corrected chi connectivity index (χ0v) is 6.31. The third-order valence-electron chi connectivity index (χ3n) is 1.20. The minimum atomic E-state index is -0.495. The summed E-state index contributed by atoms with van der Waals surface area (Å²) in [6.45, 7) is 2.50. The van der Waals surface area contributed by atoms with Gasteiger partial charge in [0.05, 0.1) is 0 Å². The van der Waals surface area contributed by atoms with Gasteiger partial charge in [-0.25, -0.2) is 0 Å². The van der Waals surface area contributed by atoms with Crippen molar-refractivity contribution in [1.29, 1.82) is 0 Å². The number of carbonyl (C=O) groups excluding carboxylic acids is 1. The van der Waals surface area contributed by atoms with Crippen molar-refractivity contribution in [3.63, 3.8) is 0 Å². The molecule has 1 aliphatic heterocycles. The van der Waals surface area contributed by atoms with E-state index >= 15 is 0 Å². The Balaban J connectivity index is 0.000000162. The lowest BCUT2D eigenvalue weighted by atomic mass is 10.1. The quantitative estimate of drug-likeness (QED) is 0.460. The van der Waals surface area contributed by atoms with E-state index in [0.29, 0.717) is 0 Å². The van der Waals surface area contributed by atoms with Crippen molar-refractivity contribution in [3.05, 3.63) is 0 Å². The largest absolute Gasteiger partial charge is 0.369 e. The molecule has 1 amide bonds. The summed E-state index contributed by atoms with van der Waals surface area (Å²) in [4.78, 5) is 9.48. The van der Waals surface area contributed by atoms with Crippen molar-refractivity contribution < 1.29 is 4.79 Å². The molecule has 2 radical (unpaired) electrons. The van der Waals surface area contributed by atoms with Crippen LogP contribution in [-0.2, 0) is 0 Å². The first kappa shape index (κ1) is 9.49. The zero-order chi connectivity index (χ0) is 7.82. The number of carbonyl (C=O) groups is 1. The molecule has 56 valence electrons. The van der Waals surface area contributed by atoms with Crippen LogP contribution in [0.5, 0.6) is 0 Å². The number of rotatable bonds is 0. The van der Waals surface area contributed by atoms with Crippen molar-refractivity contribution in [2.45, 2.75) is 12.8 Å². The van der Waals surface area contributed by atoms with Gasteiger partial charge in [0.15, 0.2) is 13.7 Å². The fourth-order valence-corrected chi connectivity index (χ4v) is 0.625. The Hall–Kier alpha value is -0.505. The molecule has 2 N–H and O–H groups in total. The molecule has 1 fully saturated rings. The molecule has 1 heterocycles. The van der Waals surface area contributed by atoms with E-state index in [1.54, 1.807) is 0 Å². The van der Waals surface area contributed by atoms with Gasteiger partial charge in [-0.2, -0.15) is 0 Å². The highest BCUT2D eigenvalue weighted by atomic mass is 16.1. The van der Waals surface area contributed by atoms with E-state index in [0.717, 1.165) is 0 Å². The molecule has 0 aromatic carbocycles. The van der Waals surface area contributed by atoms with Gasteiger partial charge in [-0.15, -0.1) is 0 Å². The van der Waals surface area contributed by atoms with Gasteiger partial charge >= 0.3 is 0 Å². The van der Waals surface area contributed by atoms with E-state index in [1.165, 1.54) is 33.0 Å². The van der Waals surface area contributed by atoms with E-state index in [-0.39, 0.29) is 0 Å². The van der Waals surface area contributed by atoms with E-state index in [4.69, 9.17) is 0 Å². The first-order chi connectivity index (χ1) is 4.77. The van der Waals surface area contributed by atoms with Crippen LogP contribution in [0.4, 0.5) is 4.79 Å². The van der Waals surface area contributed by atoms with Crippen LogP contribution in [0, 0.1) is 0 Å². The van der Waals surface area contributed by atoms with E-state index in [2.05, 4.69) is 18.5 Å². The van der Waals surface area contributed by atoms with E-state index in [9.17, 15) is 4.79 Å². The second-order valence-corrected chi connectivity index (χ2v) is 2.07. The maximum absolute atomic E-state index is 9.48. The Bertz CT molecular complexity index is 86.1. The van der Waals surface area contributed by atoms with Crippen molar-refractivity contribution in [2.24, 2.45) is 0 Å². The minimum Gasteiger partial charge on any atom is -0.369 e. The average molecular weight is 140 g/mol. The molecule has 3 nitrogen and oxygen atoms in total. The number of hydrogen-bond acceptors (Lipinski definition) is 2. The fourth-order valence-electron chi connectivity index (χ4n) is 0.625. The molecule has 0 aromatic rings. The third kappa shape index (κ3) is 7.49. The highest BCUT2D eigenvalue weighted by Crippen LogP contribution is 1.90. The summed E-state index contributed by atoms with van der Waals surface area (Å²) in [7, 11) is 6.02. The molecule has 0 aromatic heterocycles. The summed E-state index contributed by atoms with van der Waals surface area (Å²) < 4.78 is 0. The fraction of sp³-hybridized carbons (Fsp3) is 0.833. The highest BCUT2D eigenvalue weighted by Gasteiger charge is 1.93. The average Bonchev–Trinajstić information content (AvgIpc) is 2.43. The summed E-state index contributed by atoms with van der Waals surface area (Å²) in [5.74, 6) is -0.495. The number of amides is 1. The summed E-state index contributed by atoms with van der Waals surface area (Å²) in [5, 5.41) is 5.39. The molecular weight excluding hydrogens is 127 g/mol. The van der Waals surface area contributed by atoms with E-state index in [1.807, 2.05) is 0 Å². The lowest BCUT2D eigenvalue weighted by Crippen LogP contribution is -2.14. The topological polar surface area (TPSA) is 41.1 Å². The van der Waals surface area contributed by atoms with Crippen LogP contribution in [0.15, 0.2) is 0 Å². The second-order valence-electron chi connectivity index (χ2n) is 2.07. The Labute approximate surface area is 63.0 Å². The highest BCUT2D eigenvalue weighted by molar-refractivity contribution is 6.56. The lowest BCUT2D eigenvalue weighted by Gasteiger charge is -1.80. The molecule has 0 bridgehead atoms. The summed E-state index contributed by atoms with van der Waals surface area (Å²) >= 11 is 0. The van der Waals surface area contributed by atoms with Crippen molar-refractivity contribution >= 4 is 13.7 Å². The van der Waals surface area contributed by atoms with Gasteiger partial charge in [0, 0.05) is 7.05 Å². The predicted octanol–water partition coefficient (Wildman–Crippen LogP) is -0.136. The van der Waals surface area contributed by atoms with Gasteiger partial charge in [-0.05, 0) is 25.9 Å². The van der Waals surface area contributed by atoms with Gasteiger partial charge < -0.3 is 10.6 Å². The maximum atomic E-state index is 9.48. The normalized spacial score (nSPS) is 15.3. The monoisotopic (exact) mass is 140 g/mol. The SMILES string of the molecule is C1CCNC1.[B]C(=O)NC. The first-order valence-corrected chi connectivity index (χ1v) is 3.45. The first-order valence-electron chi connectivity index (χ1n) is 3.45. The van der Waals surface area contributed by atoms with Gasteiger partial charge in [0.1, 0.15) is 0 Å². The zero-order valence-electron chi connectivity index (χ0n) is 6.31. The molecular formula is C6H13BN2O. The van der Waals surface area contributed by atoms with Crippen LogP contribution in [0.3, 0.4) is 0 Å². The Morgan fingerprint density at radius 2 is 1.90 bits per heavy atom. The summed E-state index contributed by atoms with van der Waals surface area (Å²) in [6, 6.07) is 0. The van der Waals surface area contributed by atoms with Crippen molar-refractivity contribution in [1.82, 2.24) is 10.6 Å². The van der Waals surface area contributed by atoms with Crippen LogP contribution in [0.25, 0.3) is 0 Å². The van der Waals surface area contributed by atoms with Crippen LogP contribution in [-0.4, -0.2) is 33.8 Å². The molecule has 0 saturated carbocycles. The molecule has 0 spiro atoms. The summed E-state index contributed by atoms with van der Waals surface area (Å²) in [6.07, 6.45) is 2.78. The molecule has 0 aliphatic carbocycles. The molecule has 10 heavy (non-hydrogen) atoms. The van der Waals surface area contributed by atoms with Gasteiger partial charge in [-0.1, -0.05) is 0 Å². The standard InChI is InChI=1S/C4H9N.C2H4BNO/c1-2-4-5-3-1;1-4-2(3)5/h5H,1-4H2;1H3,(H,4,5). The van der Waals surface area contributed by atoms with Crippen molar-refractivity contribution in [2.75, 3.05) is 20.1 Å². The molecule has 4 heteroatoms.